The Labute approximate surface area is 114 Å². The fourth-order valence-electron chi connectivity index (χ4n) is 1.98. The van der Waals surface area contributed by atoms with Gasteiger partial charge in [0.2, 0.25) is 0 Å². The van der Waals surface area contributed by atoms with Crippen LogP contribution in [-0.4, -0.2) is 0 Å². The molecule has 1 heterocycles. The summed E-state index contributed by atoms with van der Waals surface area (Å²) < 4.78 is 27.1. The van der Waals surface area contributed by atoms with Gasteiger partial charge in [0.15, 0.2) is 0 Å². The molecule has 0 aliphatic carbocycles. The van der Waals surface area contributed by atoms with Gasteiger partial charge in [-0.15, -0.1) is 22.9 Å². The number of hydrogen-bond acceptors (Lipinski definition) is 1. The molecular formula is C14H13ClF2S. The Morgan fingerprint density at radius 3 is 2.33 bits per heavy atom. The SMILES string of the molecule is Cc1cc(C(Cl)Cc2c(F)cccc2F)c(C)s1. The summed E-state index contributed by atoms with van der Waals surface area (Å²) in [5, 5.41) is -0.402. The third-order valence-corrected chi connectivity index (χ3v) is 4.23. The highest BCUT2D eigenvalue weighted by Gasteiger charge is 2.18. The van der Waals surface area contributed by atoms with E-state index in [1.165, 1.54) is 18.2 Å². The van der Waals surface area contributed by atoms with Gasteiger partial charge in [0.1, 0.15) is 11.6 Å². The second-order valence-electron chi connectivity index (χ2n) is 4.24. The van der Waals surface area contributed by atoms with Gasteiger partial charge in [0.05, 0.1) is 5.38 Å². The minimum Gasteiger partial charge on any atom is -0.207 e. The molecular weight excluding hydrogens is 274 g/mol. The third kappa shape index (κ3) is 2.73. The fraction of sp³-hybridized carbons (Fsp3) is 0.286. The highest BCUT2D eigenvalue weighted by atomic mass is 35.5. The molecule has 0 bridgehead atoms. The predicted octanol–water partition coefficient (Wildman–Crippen LogP) is 5.17. The Morgan fingerprint density at radius 1 is 1.22 bits per heavy atom. The Bertz CT molecular complexity index is 543. The largest absolute Gasteiger partial charge is 0.207 e. The second-order valence-corrected chi connectivity index (χ2v) is 6.23. The Hall–Kier alpha value is -0.930. The summed E-state index contributed by atoms with van der Waals surface area (Å²) in [7, 11) is 0. The average Bonchev–Trinajstić information content (AvgIpc) is 2.63. The van der Waals surface area contributed by atoms with Crippen molar-refractivity contribution in [2.45, 2.75) is 25.6 Å². The maximum absolute atomic E-state index is 13.5. The first-order valence-electron chi connectivity index (χ1n) is 5.63. The van der Waals surface area contributed by atoms with Crippen LogP contribution in [-0.2, 0) is 6.42 Å². The number of aryl methyl sites for hydroxylation is 2. The van der Waals surface area contributed by atoms with Gasteiger partial charge in [-0.2, -0.15) is 0 Å². The molecule has 0 N–H and O–H groups in total. The van der Waals surface area contributed by atoms with Gasteiger partial charge < -0.3 is 0 Å². The number of benzene rings is 1. The van der Waals surface area contributed by atoms with E-state index in [0.717, 1.165) is 15.3 Å². The maximum atomic E-state index is 13.5. The Balaban J connectivity index is 2.26. The van der Waals surface area contributed by atoms with Crippen molar-refractivity contribution in [1.29, 1.82) is 0 Å². The van der Waals surface area contributed by atoms with Crippen LogP contribution in [0.15, 0.2) is 24.3 Å². The van der Waals surface area contributed by atoms with Gasteiger partial charge in [-0.1, -0.05) is 6.07 Å². The second kappa shape index (κ2) is 5.37. The van der Waals surface area contributed by atoms with Crippen LogP contribution >= 0.6 is 22.9 Å². The molecule has 0 nitrogen and oxygen atoms in total. The van der Waals surface area contributed by atoms with Crippen LogP contribution in [0.4, 0.5) is 8.78 Å². The number of rotatable bonds is 3. The summed E-state index contributed by atoms with van der Waals surface area (Å²) in [4.78, 5) is 2.26. The number of hydrogen-bond donors (Lipinski definition) is 0. The van der Waals surface area contributed by atoms with E-state index >= 15 is 0 Å². The Kier molecular flexibility index (Phi) is 4.03. The van der Waals surface area contributed by atoms with Crippen molar-refractivity contribution < 1.29 is 8.78 Å². The van der Waals surface area contributed by atoms with Crippen LogP contribution < -0.4 is 0 Å². The molecule has 1 unspecified atom stereocenters. The number of alkyl halides is 1. The zero-order valence-corrected chi connectivity index (χ0v) is 11.7. The van der Waals surface area contributed by atoms with E-state index in [1.54, 1.807) is 11.3 Å². The molecule has 96 valence electrons. The number of halogens is 3. The van der Waals surface area contributed by atoms with Crippen LogP contribution in [0.3, 0.4) is 0 Å². The monoisotopic (exact) mass is 286 g/mol. The van der Waals surface area contributed by atoms with Crippen LogP contribution in [0.1, 0.15) is 26.3 Å². The molecule has 18 heavy (non-hydrogen) atoms. The molecule has 1 aromatic carbocycles. The smallest absolute Gasteiger partial charge is 0.129 e. The zero-order chi connectivity index (χ0) is 13.3. The Morgan fingerprint density at radius 2 is 1.83 bits per heavy atom. The van der Waals surface area contributed by atoms with E-state index in [-0.39, 0.29) is 12.0 Å². The van der Waals surface area contributed by atoms with E-state index in [9.17, 15) is 8.78 Å². The molecule has 0 aliphatic rings. The summed E-state index contributed by atoms with van der Waals surface area (Å²) in [6.07, 6.45) is 0.164. The topological polar surface area (TPSA) is 0 Å². The molecule has 4 heteroatoms. The highest BCUT2D eigenvalue weighted by molar-refractivity contribution is 7.12. The van der Waals surface area contributed by atoms with Crippen molar-refractivity contribution in [1.82, 2.24) is 0 Å². The van der Waals surface area contributed by atoms with Crippen molar-refractivity contribution in [3.63, 3.8) is 0 Å². The quantitative estimate of drug-likeness (QED) is 0.683. The molecule has 0 aliphatic heterocycles. The van der Waals surface area contributed by atoms with E-state index in [4.69, 9.17) is 11.6 Å². The van der Waals surface area contributed by atoms with E-state index < -0.39 is 17.0 Å². The molecule has 0 saturated carbocycles. The van der Waals surface area contributed by atoms with Crippen LogP contribution in [0.25, 0.3) is 0 Å². The van der Waals surface area contributed by atoms with Gasteiger partial charge in [0.25, 0.3) is 0 Å². The lowest BCUT2D eigenvalue weighted by Crippen LogP contribution is -2.01. The van der Waals surface area contributed by atoms with Crippen molar-refractivity contribution in [2.75, 3.05) is 0 Å². The van der Waals surface area contributed by atoms with Crippen molar-refractivity contribution in [3.05, 3.63) is 56.8 Å². The zero-order valence-electron chi connectivity index (χ0n) is 10.1. The first-order chi connectivity index (χ1) is 8.49. The summed E-state index contributed by atoms with van der Waals surface area (Å²) >= 11 is 7.92. The lowest BCUT2D eigenvalue weighted by molar-refractivity contribution is 0.553. The molecule has 0 fully saturated rings. The van der Waals surface area contributed by atoms with Gasteiger partial charge >= 0.3 is 0 Å². The first-order valence-corrected chi connectivity index (χ1v) is 6.88. The summed E-state index contributed by atoms with van der Waals surface area (Å²) in [6.45, 7) is 3.97. The molecule has 2 rings (SSSR count). The number of thiophene rings is 1. The normalized spacial score (nSPS) is 12.7. The van der Waals surface area contributed by atoms with Crippen molar-refractivity contribution in [3.8, 4) is 0 Å². The van der Waals surface area contributed by atoms with E-state index in [1.807, 2.05) is 19.9 Å². The lowest BCUT2D eigenvalue weighted by atomic mass is 10.0. The summed E-state index contributed by atoms with van der Waals surface area (Å²) in [5.41, 5.74) is 1.02. The molecule has 0 amide bonds. The third-order valence-electron chi connectivity index (χ3n) is 2.86. The van der Waals surface area contributed by atoms with Crippen LogP contribution in [0.2, 0.25) is 0 Å². The van der Waals surface area contributed by atoms with Gasteiger partial charge in [0, 0.05) is 15.3 Å². The van der Waals surface area contributed by atoms with Crippen molar-refractivity contribution in [2.24, 2.45) is 0 Å². The average molecular weight is 287 g/mol. The minimum atomic E-state index is -0.537. The first kappa shape index (κ1) is 13.5. The molecule has 1 atom stereocenters. The van der Waals surface area contributed by atoms with Crippen molar-refractivity contribution >= 4 is 22.9 Å². The lowest BCUT2D eigenvalue weighted by Gasteiger charge is -2.11. The van der Waals surface area contributed by atoms with E-state index in [2.05, 4.69) is 0 Å². The summed E-state index contributed by atoms with van der Waals surface area (Å²) in [6, 6.07) is 5.86. The molecule has 2 aromatic rings. The minimum absolute atomic E-state index is 0.0563. The van der Waals surface area contributed by atoms with Crippen LogP contribution in [0.5, 0.6) is 0 Å². The molecule has 1 aromatic heterocycles. The van der Waals surface area contributed by atoms with Crippen LogP contribution in [0, 0.1) is 25.5 Å². The summed E-state index contributed by atoms with van der Waals surface area (Å²) in [5.74, 6) is -1.07. The maximum Gasteiger partial charge on any atom is 0.129 e. The fourth-order valence-corrected chi connectivity index (χ4v) is 3.41. The van der Waals surface area contributed by atoms with Gasteiger partial charge in [-0.3, -0.25) is 0 Å². The van der Waals surface area contributed by atoms with Gasteiger partial charge in [-0.05, 0) is 44.0 Å². The predicted molar refractivity (Wildman–Crippen MR) is 72.4 cm³/mol. The molecule has 0 radical (unpaired) electrons. The van der Waals surface area contributed by atoms with E-state index in [0.29, 0.717) is 0 Å². The molecule has 0 saturated heterocycles. The van der Waals surface area contributed by atoms with Gasteiger partial charge in [-0.25, -0.2) is 8.78 Å². The molecule has 0 spiro atoms. The standard InChI is InChI=1S/C14H13ClF2S/c1-8-6-10(9(2)18-8)12(15)7-11-13(16)4-3-5-14(11)17/h3-6,12H,7H2,1-2H3. The highest BCUT2D eigenvalue weighted by Crippen LogP contribution is 2.33.